The molecule has 9 heteroatoms. The van der Waals surface area contributed by atoms with Crippen LogP contribution in [0, 0.1) is 0 Å². The van der Waals surface area contributed by atoms with E-state index in [1.54, 1.807) is 0 Å². The summed E-state index contributed by atoms with van der Waals surface area (Å²) in [4.78, 5) is 0. The quantitative estimate of drug-likeness (QED) is 0.279. The standard InChI is InChI=1S/3ClH.5H3N.Os/h3*1H;5*1H3;/p-3. The first-order valence-electron chi connectivity index (χ1n) is 0. The molecule has 0 heterocycles. The van der Waals surface area contributed by atoms with Gasteiger partial charge in [0.25, 0.3) is 0 Å². The summed E-state index contributed by atoms with van der Waals surface area (Å²) in [6.45, 7) is 0. The van der Waals surface area contributed by atoms with E-state index in [0.29, 0.717) is 0 Å². The van der Waals surface area contributed by atoms with Crippen LogP contribution >= 0.6 is 0 Å². The molecule has 0 saturated carbocycles. The van der Waals surface area contributed by atoms with Gasteiger partial charge in [-0.2, -0.15) is 0 Å². The molecule has 0 atom stereocenters. The fourth-order valence-corrected chi connectivity index (χ4v) is 0. The molecule has 0 spiro atoms. The van der Waals surface area contributed by atoms with E-state index in [1.807, 2.05) is 0 Å². The molecule has 0 aromatic heterocycles. The Morgan fingerprint density at radius 2 is 0.333 bits per heavy atom. The number of hydrogen-bond donors (Lipinski definition) is 5. The molecule has 0 radical (unpaired) electrons. The van der Waals surface area contributed by atoms with E-state index in [2.05, 4.69) is 0 Å². The maximum atomic E-state index is 0. The minimum Gasteiger partial charge on any atom is -1.00 e. The number of halogens is 3. The third-order valence-electron chi connectivity index (χ3n) is 0. The van der Waals surface area contributed by atoms with Gasteiger partial charge < -0.3 is 68.0 Å². The van der Waals surface area contributed by atoms with Crippen LogP contribution in [0.4, 0.5) is 0 Å². The summed E-state index contributed by atoms with van der Waals surface area (Å²) in [7, 11) is 0. The summed E-state index contributed by atoms with van der Waals surface area (Å²) in [5.74, 6) is 0. The molecule has 15 N–H and O–H groups in total. The van der Waals surface area contributed by atoms with Crippen LogP contribution in [-0.4, -0.2) is 0 Å². The maximum absolute atomic E-state index is 0. The summed E-state index contributed by atoms with van der Waals surface area (Å²) in [6.07, 6.45) is 0. The average molecular weight is 382 g/mol. The van der Waals surface area contributed by atoms with Crippen LogP contribution < -0.4 is 68.0 Å². The van der Waals surface area contributed by atoms with Crippen molar-refractivity contribution in [2.24, 2.45) is 0 Å². The second-order valence-corrected chi connectivity index (χ2v) is 0. The van der Waals surface area contributed by atoms with E-state index in [1.165, 1.54) is 0 Å². The van der Waals surface area contributed by atoms with Crippen molar-refractivity contribution in [1.29, 1.82) is 0 Å². The smallest absolute Gasteiger partial charge is 0 e. The molecule has 0 aliphatic carbocycles. The molecule has 5 nitrogen and oxygen atoms in total. The van der Waals surface area contributed by atoms with Gasteiger partial charge in [-0.15, -0.1) is 0 Å². The summed E-state index contributed by atoms with van der Waals surface area (Å²) in [5, 5.41) is 0. The molecule has 0 rings (SSSR count). The molecule has 0 saturated heterocycles. The second kappa shape index (κ2) is 376. The minimum atomic E-state index is 0. The van der Waals surface area contributed by atoms with Gasteiger partial charge in [-0.25, -0.2) is 0 Å². The Morgan fingerprint density at radius 1 is 0.333 bits per heavy atom. The zero-order valence-electron chi connectivity index (χ0n) is 5.02. The number of hydrogen-bond acceptors (Lipinski definition) is 5. The molecule has 0 aliphatic rings. The van der Waals surface area contributed by atoms with Crippen molar-refractivity contribution < 1.29 is 57.0 Å². The fourth-order valence-electron chi connectivity index (χ4n) is 0. The van der Waals surface area contributed by atoms with E-state index < -0.39 is 0 Å². The zero-order valence-corrected chi connectivity index (χ0v) is 9.83. The average Bonchev–Trinajstić information content (AvgIpc) is 0. The van der Waals surface area contributed by atoms with Gasteiger partial charge in [0.2, 0.25) is 0 Å². The molecule has 9 heavy (non-hydrogen) atoms. The normalized spacial score (nSPS) is 0. The summed E-state index contributed by atoms with van der Waals surface area (Å²) in [6, 6.07) is 0. The first-order valence-corrected chi connectivity index (χ1v) is 0. The Labute approximate surface area is 87.7 Å². The largest absolute Gasteiger partial charge is 1.00 e. The minimum absolute atomic E-state index is 0. The Balaban J connectivity index is 0. The Bertz CT molecular complexity index is 12.2. The Morgan fingerprint density at radius 3 is 0.333 bits per heavy atom. The first-order chi connectivity index (χ1) is 0. The van der Waals surface area contributed by atoms with Crippen LogP contribution in [0.15, 0.2) is 0 Å². The fraction of sp³-hybridized carbons (Fsp3) is 0. The van der Waals surface area contributed by atoms with Crippen molar-refractivity contribution in [3.05, 3.63) is 0 Å². The van der Waals surface area contributed by atoms with Crippen LogP contribution in [0.5, 0.6) is 0 Å². The first kappa shape index (κ1) is 523. The Kier molecular flexibility index (Phi) is 21900. The monoisotopic (exact) mass is 382 g/mol. The molecule has 0 amide bonds. The third kappa shape index (κ3) is 291. The summed E-state index contributed by atoms with van der Waals surface area (Å²) in [5.41, 5.74) is 0. The van der Waals surface area contributed by atoms with Crippen molar-refractivity contribution in [1.82, 2.24) is 30.8 Å². The molecule has 0 aromatic rings. The maximum Gasteiger partial charge on any atom is 0 e. The molecule has 0 aromatic carbocycles. The van der Waals surface area contributed by atoms with Gasteiger partial charge in [-0.3, -0.25) is 0 Å². The van der Waals surface area contributed by atoms with Crippen molar-refractivity contribution in [2.75, 3.05) is 0 Å². The van der Waals surface area contributed by atoms with Gasteiger partial charge in [0.15, 0.2) is 0 Å². The Hall–Kier alpha value is 1.31. The number of rotatable bonds is 0. The van der Waals surface area contributed by atoms with E-state index >= 15 is 0 Å². The van der Waals surface area contributed by atoms with Crippen LogP contribution in [0.3, 0.4) is 0 Å². The molecule has 0 unspecified atom stereocenters. The topological polar surface area (TPSA) is 175 Å². The van der Waals surface area contributed by atoms with Crippen LogP contribution in [-0.2, 0) is 19.8 Å². The van der Waals surface area contributed by atoms with E-state index in [4.69, 9.17) is 0 Å². The third-order valence-corrected chi connectivity index (χ3v) is 0. The van der Waals surface area contributed by atoms with Gasteiger partial charge in [0.05, 0.1) is 0 Å². The summed E-state index contributed by atoms with van der Waals surface area (Å²) < 4.78 is 0. The van der Waals surface area contributed by atoms with Gasteiger partial charge in [-0.05, 0) is 0 Å². The van der Waals surface area contributed by atoms with Crippen LogP contribution in [0.25, 0.3) is 0 Å². The van der Waals surface area contributed by atoms with Crippen molar-refractivity contribution in [3.63, 3.8) is 0 Å². The zero-order chi connectivity index (χ0) is 0. The van der Waals surface area contributed by atoms with E-state index in [-0.39, 0.29) is 87.8 Å². The van der Waals surface area contributed by atoms with Crippen molar-refractivity contribution in [3.8, 4) is 0 Å². The van der Waals surface area contributed by atoms with Crippen molar-refractivity contribution >= 4 is 0 Å². The molecule has 72 valence electrons. The molecule has 0 fully saturated rings. The van der Waals surface area contributed by atoms with Crippen LogP contribution in [0.2, 0.25) is 0 Å². The predicted octanol–water partition coefficient (Wildman–Crippen LogP) is -8.18. The van der Waals surface area contributed by atoms with Gasteiger partial charge in [0, 0.05) is 19.8 Å². The van der Waals surface area contributed by atoms with E-state index in [9.17, 15) is 0 Å². The molecule has 0 bridgehead atoms. The molecular weight excluding hydrogens is 367 g/mol. The summed E-state index contributed by atoms with van der Waals surface area (Å²) >= 11 is 0. The van der Waals surface area contributed by atoms with E-state index in [0.717, 1.165) is 0 Å². The second-order valence-electron chi connectivity index (χ2n) is 0. The predicted molar refractivity (Wildman–Crippen MR) is 25.1 cm³/mol. The SMILES string of the molecule is N.N.N.N.N.[Cl-].[Cl-].[Cl-].[Os]. The van der Waals surface area contributed by atoms with Crippen molar-refractivity contribution in [2.45, 2.75) is 0 Å². The van der Waals surface area contributed by atoms with Gasteiger partial charge >= 0.3 is 0 Å². The van der Waals surface area contributed by atoms with Crippen LogP contribution in [0.1, 0.15) is 0 Å². The van der Waals surface area contributed by atoms with Gasteiger partial charge in [0.1, 0.15) is 0 Å². The molecule has 0 aliphatic heterocycles. The van der Waals surface area contributed by atoms with Gasteiger partial charge in [-0.1, -0.05) is 0 Å². The molecular formula is H15Cl3N5Os-3.